The van der Waals surface area contributed by atoms with Gasteiger partial charge in [0.1, 0.15) is 0 Å². The van der Waals surface area contributed by atoms with Crippen LogP contribution in [0.3, 0.4) is 0 Å². The molecule has 0 spiro atoms. The monoisotopic (exact) mass is 347 g/mol. The number of aryl methyl sites for hydroxylation is 1. The second-order valence-corrected chi connectivity index (χ2v) is 7.28. The first kappa shape index (κ1) is 17.8. The Bertz CT molecular complexity index is 676. The Morgan fingerprint density at radius 2 is 1.67 bits per heavy atom. The van der Waals surface area contributed by atoms with Crippen molar-refractivity contribution in [3.63, 3.8) is 0 Å². The van der Waals surface area contributed by atoms with Crippen LogP contribution >= 0.6 is 0 Å². The van der Waals surface area contributed by atoms with Gasteiger partial charge < -0.3 is 27.0 Å². The van der Waals surface area contributed by atoms with Crippen LogP contribution in [-0.4, -0.2) is 40.3 Å². The van der Waals surface area contributed by atoms with Gasteiger partial charge in [0.2, 0.25) is 0 Å². The first-order chi connectivity index (χ1) is 11.3. The van der Waals surface area contributed by atoms with E-state index >= 15 is 0 Å². The zero-order valence-corrected chi connectivity index (χ0v) is 15.1. The Balaban J connectivity index is 0.00000169. The summed E-state index contributed by atoms with van der Waals surface area (Å²) in [6.07, 6.45) is 8.61. The summed E-state index contributed by atoms with van der Waals surface area (Å²) < 4.78 is 2.42. The second kappa shape index (κ2) is 7.90. The quantitative estimate of drug-likeness (QED) is 0.865. The lowest BCUT2D eigenvalue weighted by Gasteiger charge is -2.29. The van der Waals surface area contributed by atoms with Gasteiger partial charge in [-0.15, -0.1) is 0 Å². The number of nitrogens with zero attached hydrogens (tertiary/aromatic N) is 2. The van der Waals surface area contributed by atoms with Crippen molar-refractivity contribution in [1.82, 2.24) is 9.47 Å². The number of benzene rings is 1. The molecule has 4 heteroatoms. The smallest absolute Gasteiger partial charge is 0.0845 e. The Morgan fingerprint density at radius 3 is 2.50 bits per heavy atom. The van der Waals surface area contributed by atoms with Crippen molar-refractivity contribution in [3.05, 3.63) is 35.5 Å². The number of fused-ring (bicyclic) bond motifs is 3. The van der Waals surface area contributed by atoms with E-state index in [9.17, 15) is 5.11 Å². The molecule has 24 heavy (non-hydrogen) atoms. The molecule has 1 aliphatic carbocycles. The molecule has 1 N–H and O–H groups in total. The van der Waals surface area contributed by atoms with E-state index in [1.54, 1.807) is 0 Å². The molecule has 1 aromatic carbocycles. The normalized spacial score (nSPS) is 19.7. The highest BCUT2D eigenvalue weighted by atomic mass is 35.5. The van der Waals surface area contributed by atoms with Crippen LogP contribution in [0.2, 0.25) is 0 Å². The Morgan fingerprint density at radius 1 is 0.917 bits per heavy atom. The molecule has 1 atom stereocenters. The number of β-amino-alcohol motifs (C(OH)–C–C–N with tert-alkyl or cyclic N) is 1. The Hall–Kier alpha value is -1.03. The molecule has 132 valence electrons. The number of aromatic nitrogens is 1. The molecule has 0 radical (unpaired) electrons. The van der Waals surface area contributed by atoms with Crippen LogP contribution in [0.15, 0.2) is 24.3 Å². The lowest BCUT2D eigenvalue weighted by molar-refractivity contribution is -0.00000745. The van der Waals surface area contributed by atoms with Gasteiger partial charge in [-0.1, -0.05) is 24.6 Å². The van der Waals surface area contributed by atoms with Crippen molar-refractivity contribution < 1.29 is 17.5 Å². The third kappa shape index (κ3) is 3.49. The number of hydrogen-bond donors (Lipinski definition) is 1. The maximum atomic E-state index is 10.7. The van der Waals surface area contributed by atoms with E-state index in [0.717, 1.165) is 26.2 Å². The van der Waals surface area contributed by atoms with Crippen LogP contribution in [0.1, 0.15) is 43.4 Å². The molecule has 1 saturated heterocycles. The van der Waals surface area contributed by atoms with Crippen LogP contribution in [0.25, 0.3) is 10.9 Å². The van der Waals surface area contributed by atoms with E-state index in [1.165, 1.54) is 67.1 Å². The van der Waals surface area contributed by atoms with E-state index in [1.807, 2.05) is 0 Å². The number of likely N-dealkylation sites (tertiary alicyclic amines) is 1. The first-order valence-electron chi connectivity index (χ1n) is 9.32. The van der Waals surface area contributed by atoms with Crippen molar-refractivity contribution in [3.8, 4) is 0 Å². The van der Waals surface area contributed by atoms with Gasteiger partial charge in [0.15, 0.2) is 0 Å². The summed E-state index contributed by atoms with van der Waals surface area (Å²) in [6.45, 7) is 3.87. The fourth-order valence-electron chi connectivity index (χ4n) is 4.50. The zero-order chi connectivity index (χ0) is 15.6. The average molecular weight is 348 g/mol. The highest BCUT2D eigenvalue weighted by Crippen LogP contribution is 2.32. The van der Waals surface area contributed by atoms with E-state index in [4.69, 9.17) is 0 Å². The van der Waals surface area contributed by atoms with Crippen molar-refractivity contribution in [2.75, 3.05) is 19.6 Å². The van der Waals surface area contributed by atoms with Crippen LogP contribution in [0, 0.1) is 0 Å². The van der Waals surface area contributed by atoms with Gasteiger partial charge in [-0.3, -0.25) is 0 Å². The van der Waals surface area contributed by atoms with Gasteiger partial charge in [0.05, 0.1) is 12.6 Å². The predicted molar refractivity (Wildman–Crippen MR) is 94.9 cm³/mol. The molecule has 0 bridgehead atoms. The molecule has 2 aromatic rings. The lowest BCUT2D eigenvalue weighted by atomic mass is 9.95. The minimum absolute atomic E-state index is 0. The molecule has 1 aliphatic heterocycles. The van der Waals surface area contributed by atoms with Crippen molar-refractivity contribution in [2.45, 2.75) is 57.6 Å². The van der Waals surface area contributed by atoms with Crippen LogP contribution in [0.5, 0.6) is 0 Å². The molecule has 2 aliphatic rings. The fraction of sp³-hybridized carbons (Fsp3) is 0.600. The minimum Gasteiger partial charge on any atom is -1.00 e. The summed E-state index contributed by atoms with van der Waals surface area (Å²) >= 11 is 0. The highest BCUT2D eigenvalue weighted by molar-refractivity contribution is 5.85. The highest BCUT2D eigenvalue weighted by Gasteiger charge is 2.22. The van der Waals surface area contributed by atoms with Crippen molar-refractivity contribution in [2.24, 2.45) is 0 Å². The molecule has 1 unspecified atom stereocenters. The standard InChI is InChI=1S/C20H28N2O.ClH/c23-16(14-21-12-6-1-7-13-21)15-22-19-10-4-2-8-17(19)18-9-3-5-11-20(18)22;/h2,4,8,10,16,23H,1,3,5-7,9,11-15H2;1H/p-1. The number of halogens is 1. The molecular formula is C20H28ClN2O-. The van der Waals surface area contributed by atoms with Gasteiger partial charge in [-0.25, -0.2) is 0 Å². The van der Waals surface area contributed by atoms with E-state index < -0.39 is 0 Å². The average Bonchev–Trinajstić information content (AvgIpc) is 2.90. The van der Waals surface area contributed by atoms with Crippen LogP contribution in [0.4, 0.5) is 0 Å². The summed E-state index contributed by atoms with van der Waals surface area (Å²) in [5.41, 5.74) is 4.34. The molecular weight excluding hydrogens is 320 g/mol. The SMILES string of the molecule is OC(CN1CCCCC1)Cn1c2c(c3ccccc31)CCCC2.[Cl-]. The largest absolute Gasteiger partial charge is 1.00 e. The number of hydrogen-bond acceptors (Lipinski definition) is 2. The van der Waals surface area contributed by atoms with Crippen LogP contribution in [-0.2, 0) is 19.4 Å². The third-order valence-electron chi connectivity index (χ3n) is 5.60. The van der Waals surface area contributed by atoms with Gasteiger partial charge in [0, 0.05) is 23.1 Å². The maximum Gasteiger partial charge on any atom is 0.0845 e. The lowest BCUT2D eigenvalue weighted by Crippen LogP contribution is -3.00. The number of aliphatic hydroxyl groups is 1. The first-order valence-corrected chi connectivity index (χ1v) is 9.32. The zero-order valence-electron chi connectivity index (χ0n) is 14.4. The molecule has 0 saturated carbocycles. The van der Waals surface area contributed by atoms with Gasteiger partial charge >= 0.3 is 0 Å². The van der Waals surface area contributed by atoms with Crippen molar-refractivity contribution >= 4 is 10.9 Å². The Kier molecular flexibility index (Phi) is 5.85. The molecule has 4 rings (SSSR count). The van der Waals surface area contributed by atoms with Crippen LogP contribution < -0.4 is 12.4 Å². The number of aliphatic hydroxyl groups excluding tert-OH is 1. The number of para-hydroxylation sites is 1. The summed E-state index contributed by atoms with van der Waals surface area (Å²) in [7, 11) is 0. The molecule has 2 heterocycles. The maximum absolute atomic E-state index is 10.7. The van der Waals surface area contributed by atoms with E-state index in [0.29, 0.717) is 0 Å². The van der Waals surface area contributed by atoms with E-state index in [-0.39, 0.29) is 18.5 Å². The van der Waals surface area contributed by atoms with Crippen molar-refractivity contribution in [1.29, 1.82) is 0 Å². The summed E-state index contributed by atoms with van der Waals surface area (Å²) in [5.74, 6) is 0. The second-order valence-electron chi connectivity index (χ2n) is 7.28. The molecule has 3 nitrogen and oxygen atoms in total. The molecule has 1 fully saturated rings. The topological polar surface area (TPSA) is 28.4 Å². The molecule has 1 aromatic heterocycles. The van der Waals surface area contributed by atoms with Gasteiger partial charge in [-0.2, -0.15) is 0 Å². The number of piperidine rings is 1. The minimum atomic E-state index is -0.269. The Labute approximate surface area is 151 Å². The molecule has 0 amide bonds. The van der Waals surface area contributed by atoms with Gasteiger partial charge in [-0.05, 0) is 63.2 Å². The summed E-state index contributed by atoms with van der Waals surface area (Å²) in [6, 6.07) is 8.75. The fourth-order valence-corrected chi connectivity index (χ4v) is 4.50. The third-order valence-corrected chi connectivity index (χ3v) is 5.60. The summed E-state index contributed by atoms with van der Waals surface area (Å²) in [4.78, 5) is 2.44. The number of rotatable bonds is 4. The van der Waals surface area contributed by atoms with Gasteiger partial charge in [0.25, 0.3) is 0 Å². The van der Waals surface area contributed by atoms with E-state index in [2.05, 4.69) is 33.7 Å². The summed E-state index contributed by atoms with van der Waals surface area (Å²) in [5, 5.41) is 12.1. The predicted octanol–water partition coefficient (Wildman–Crippen LogP) is 0.371.